The molecule has 2 aliphatic heterocycles. The molecular weight excluding hydrogens is 374 g/mol. The summed E-state index contributed by atoms with van der Waals surface area (Å²) in [6.45, 7) is 2.06. The number of likely N-dealkylation sites (N-methyl/N-ethyl adjacent to an activating group) is 1. The van der Waals surface area contributed by atoms with Gasteiger partial charge in [0.05, 0.1) is 0 Å². The molecule has 0 saturated carbocycles. The van der Waals surface area contributed by atoms with Crippen LogP contribution in [0.15, 0.2) is 77.8 Å². The number of aryl methyl sites for hydroxylation is 1. The van der Waals surface area contributed by atoms with Crippen LogP contribution in [0.25, 0.3) is 11.1 Å². The summed E-state index contributed by atoms with van der Waals surface area (Å²) in [6, 6.07) is 24.3. The molecule has 0 aromatic heterocycles. The molecule has 150 valence electrons. The summed E-state index contributed by atoms with van der Waals surface area (Å²) in [5, 5.41) is 0. The molecule has 3 aromatic carbocycles. The van der Waals surface area contributed by atoms with Gasteiger partial charge in [-0.1, -0.05) is 66.2 Å². The molecular formula is C25H23N3O2. The van der Waals surface area contributed by atoms with Crippen molar-refractivity contribution in [1.29, 1.82) is 0 Å². The minimum atomic E-state index is -1.08. The van der Waals surface area contributed by atoms with Crippen molar-refractivity contribution >= 4 is 11.9 Å². The molecule has 2 atom stereocenters. The minimum absolute atomic E-state index is 0.119. The molecule has 2 heterocycles. The molecule has 5 heteroatoms. The van der Waals surface area contributed by atoms with Gasteiger partial charge in [0.2, 0.25) is 0 Å². The fraction of sp³-hybridized carbons (Fsp3) is 0.200. The van der Waals surface area contributed by atoms with Crippen LogP contribution in [0.2, 0.25) is 0 Å². The SMILES string of the molecule is Cc1ccc(-c2ccc3c(c2)C2(CC(c4ccccc4)O3)N=C(N)N(C)C2=O)cc1. The maximum Gasteiger partial charge on any atom is 0.261 e. The Kier molecular flexibility index (Phi) is 4.13. The number of nitrogens with two attached hydrogens (primary N) is 1. The van der Waals surface area contributed by atoms with Crippen LogP contribution in [0.4, 0.5) is 0 Å². The predicted octanol–water partition coefficient (Wildman–Crippen LogP) is 4.17. The smallest absolute Gasteiger partial charge is 0.261 e. The van der Waals surface area contributed by atoms with Gasteiger partial charge in [-0.15, -0.1) is 0 Å². The van der Waals surface area contributed by atoms with E-state index < -0.39 is 5.54 Å². The van der Waals surface area contributed by atoms with E-state index in [9.17, 15) is 4.79 Å². The fourth-order valence-electron chi connectivity index (χ4n) is 4.32. The highest BCUT2D eigenvalue weighted by atomic mass is 16.5. The van der Waals surface area contributed by atoms with Crippen molar-refractivity contribution in [3.63, 3.8) is 0 Å². The quantitative estimate of drug-likeness (QED) is 0.706. The van der Waals surface area contributed by atoms with Gasteiger partial charge in [-0.2, -0.15) is 0 Å². The van der Waals surface area contributed by atoms with E-state index in [4.69, 9.17) is 15.5 Å². The van der Waals surface area contributed by atoms with Gasteiger partial charge in [-0.25, -0.2) is 4.99 Å². The van der Waals surface area contributed by atoms with Crippen molar-refractivity contribution in [2.45, 2.75) is 25.0 Å². The van der Waals surface area contributed by atoms with Crippen LogP contribution >= 0.6 is 0 Å². The molecule has 0 saturated heterocycles. The lowest BCUT2D eigenvalue weighted by Gasteiger charge is -2.37. The Bertz CT molecular complexity index is 1150. The Morgan fingerprint density at radius 1 is 1.03 bits per heavy atom. The number of benzene rings is 3. The van der Waals surface area contributed by atoms with E-state index in [0.717, 1.165) is 22.3 Å². The number of rotatable bonds is 2. The van der Waals surface area contributed by atoms with Gasteiger partial charge in [0, 0.05) is 19.0 Å². The van der Waals surface area contributed by atoms with Crippen LogP contribution in [-0.2, 0) is 10.3 Å². The zero-order valence-corrected chi connectivity index (χ0v) is 17.0. The third-order valence-corrected chi connectivity index (χ3v) is 6.04. The number of fused-ring (bicyclic) bond motifs is 2. The molecule has 3 aromatic rings. The highest BCUT2D eigenvalue weighted by molar-refractivity contribution is 6.07. The lowest BCUT2D eigenvalue weighted by atomic mass is 9.79. The molecule has 1 spiro atoms. The molecule has 0 bridgehead atoms. The fourth-order valence-corrected chi connectivity index (χ4v) is 4.32. The van der Waals surface area contributed by atoms with Gasteiger partial charge in [0.25, 0.3) is 5.91 Å². The summed E-state index contributed by atoms with van der Waals surface area (Å²) in [6.07, 6.45) is 0.126. The topological polar surface area (TPSA) is 67.9 Å². The Labute approximate surface area is 175 Å². The third-order valence-electron chi connectivity index (χ3n) is 6.04. The predicted molar refractivity (Wildman–Crippen MR) is 117 cm³/mol. The van der Waals surface area contributed by atoms with Crippen LogP contribution in [0.5, 0.6) is 5.75 Å². The maximum absolute atomic E-state index is 13.4. The van der Waals surface area contributed by atoms with Gasteiger partial charge in [0.15, 0.2) is 11.5 Å². The van der Waals surface area contributed by atoms with Gasteiger partial charge >= 0.3 is 0 Å². The third kappa shape index (κ3) is 2.77. The van der Waals surface area contributed by atoms with Crippen LogP contribution in [0, 0.1) is 6.92 Å². The first-order valence-corrected chi connectivity index (χ1v) is 10.0. The number of aliphatic imine (C=N–C) groups is 1. The number of carbonyl (C=O) groups is 1. The second-order valence-electron chi connectivity index (χ2n) is 7.99. The Hall–Kier alpha value is -3.60. The summed E-state index contributed by atoms with van der Waals surface area (Å²) < 4.78 is 6.35. The minimum Gasteiger partial charge on any atom is -0.485 e. The maximum atomic E-state index is 13.4. The van der Waals surface area contributed by atoms with Gasteiger partial charge in [0.1, 0.15) is 11.9 Å². The van der Waals surface area contributed by atoms with E-state index in [1.165, 1.54) is 10.5 Å². The van der Waals surface area contributed by atoms with Crippen LogP contribution in [0.1, 0.15) is 29.2 Å². The van der Waals surface area contributed by atoms with Crippen molar-refractivity contribution < 1.29 is 9.53 Å². The molecule has 0 aliphatic carbocycles. The second-order valence-corrected chi connectivity index (χ2v) is 7.99. The monoisotopic (exact) mass is 397 g/mol. The highest BCUT2D eigenvalue weighted by Crippen LogP contribution is 2.50. The zero-order chi connectivity index (χ0) is 20.9. The standard InChI is InChI=1S/C25H23N3O2/c1-16-8-10-17(11-9-16)19-12-13-21-20(14-19)25(23(29)28(2)24(26)27-25)15-22(30-21)18-6-4-3-5-7-18/h3-14,22H,15H2,1-2H3,(H2,26,27). The number of carbonyl (C=O) groups excluding carboxylic acids is 1. The highest BCUT2D eigenvalue weighted by Gasteiger charge is 2.53. The lowest BCUT2D eigenvalue weighted by molar-refractivity contribution is -0.132. The first-order chi connectivity index (χ1) is 14.5. The van der Waals surface area contributed by atoms with E-state index in [-0.39, 0.29) is 18.0 Å². The van der Waals surface area contributed by atoms with Crippen LogP contribution < -0.4 is 10.5 Å². The number of amides is 1. The van der Waals surface area contributed by atoms with Crippen molar-refractivity contribution in [2.24, 2.45) is 10.7 Å². The molecule has 0 radical (unpaired) electrons. The van der Waals surface area contributed by atoms with E-state index in [2.05, 4.69) is 31.2 Å². The first-order valence-electron chi connectivity index (χ1n) is 10.0. The number of hydrogen-bond donors (Lipinski definition) is 1. The van der Waals surface area contributed by atoms with Crippen molar-refractivity contribution in [3.05, 3.63) is 89.5 Å². The average Bonchev–Trinajstić information content (AvgIpc) is 2.98. The summed E-state index contributed by atoms with van der Waals surface area (Å²) in [5.41, 5.74) is 10.1. The van der Waals surface area contributed by atoms with Crippen molar-refractivity contribution in [1.82, 2.24) is 4.90 Å². The van der Waals surface area contributed by atoms with Gasteiger partial charge in [-0.3, -0.25) is 9.69 Å². The Balaban J connectivity index is 1.67. The summed E-state index contributed by atoms with van der Waals surface area (Å²) in [4.78, 5) is 19.5. The molecule has 5 rings (SSSR count). The molecule has 2 N–H and O–H groups in total. The summed E-state index contributed by atoms with van der Waals surface area (Å²) in [7, 11) is 1.67. The zero-order valence-electron chi connectivity index (χ0n) is 17.0. The van der Waals surface area contributed by atoms with E-state index in [0.29, 0.717) is 12.2 Å². The van der Waals surface area contributed by atoms with Gasteiger partial charge in [-0.05, 0) is 35.7 Å². The number of hydrogen-bond acceptors (Lipinski definition) is 4. The van der Waals surface area contributed by atoms with Crippen molar-refractivity contribution in [2.75, 3.05) is 7.05 Å². The van der Waals surface area contributed by atoms with Crippen LogP contribution in [0.3, 0.4) is 0 Å². The van der Waals surface area contributed by atoms with E-state index in [1.54, 1.807) is 7.05 Å². The molecule has 2 aliphatic rings. The van der Waals surface area contributed by atoms with E-state index in [1.807, 2.05) is 48.5 Å². The molecule has 5 nitrogen and oxygen atoms in total. The Morgan fingerprint density at radius 2 is 1.73 bits per heavy atom. The Morgan fingerprint density at radius 3 is 2.40 bits per heavy atom. The number of ether oxygens (including phenoxy) is 1. The van der Waals surface area contributed by atoms with E-state index >= 15 is 0 Å². The molecule has 2 unspecified atom stereocenters. The summed E-state index contributed by atoms with van der Waals surface area (Å²) in [5.74, 6) is 0.790. The molecule has 0 fully saturated rings. The van der Waals surface area contributed by atoms with Gasteiger partial charge < -0.3 is 10.5 Å². The lowest BCUT2D eigenvalue weighted by Crippen LogP contribution is -2.43. The normalized spacial score (nSPS) is 22.6. The second kappa shape index (κ2) is 6.73. The first kappa shape index (κ1) is 18.4. The van der Waals surface area contributed by atoms with Crippen LogP contribution in [-0.4, -0.2) is 23.8 Å². The van der Waals surface area contributed by atoms with Crippen molar-refractivity contribution in [3.8, 4) is 16.9 Å². The number of guanidine groups is 1. The average molecular weight is 397 g/mol. The largest absolute Gasteiger partial charge is 0.485 e. The molecule has 30 heavy (non-hydrogen) atoms. The summed E-state index contributed by atoms with van der Waals surface area (Å²) >= 11 is 0. The molecule has 1 amide bonds. The number of nitrogens with zero attached hydrogens (tertiary/aromatic N) is 2.